The van der Waals surface area contributed by atoms with Gasteiger partial charge in [-0.15, -0.1) is 5.10 Å². The molecular formula is C32H27N11O4. The highest BCUT2D eigenvalue weighted by Crippen LogP contribution is 2.27. The fourth-order valence-electron chi connectivity index (χ4n) is 5.78. The lowest BCUT2D eigenvalue weighted by molar-refractivity contribution is 0.175. The van der Waals surface area contributed by atoms with Gasteiger partial charge in [-0.25, -0.2) is 14.3 Å². The molecule has 6 aromatic rings. The smallest absolute Gasteiger partial charge is 0.337 e. The normalized spacial score (nSPS) is 14.8. The van der Waals surface area contributed by atoms with Gasteiger partial charge in [-0.1, -0.05) is 48.5 Å². The summed E-state index contributed by atoms with van der Waals surface area (Å²) in [4.78, 5) is 48.9. The van der Waals surface area contributed by atoms with Crippen LogP contribution in [-0.4, -0.2) is 69.7 Å². The standard InChI is InChI=1S/C32H27N11O4/c33-15-25-26-27(43(40-25)22-6-3-5-19(14-22)28-37-30(34)39-38-28)29(45)42(32(47)36-26)31(46)35-21-10-8-18(9-11-21)24-7-2-1-4-20(24)16-41-13-12-23(44)17-41/h1-11,14,23,44H,12-13,16-17H2,(H,35,46)(H,36,47)(H3,34,37,38,39). The number of carbonyl (C=O) groups is 1. The van der Waals surface area contributed by atoms with Crippen molar-refractivity contribution in [2.75, 3.05) is 24.1 Å². The molecule has 3 aromatic heterocycles. The van der Waals surface area contributed by atoms with E-state index in [1.165, 1.54) is 4.68 Å². The van der Waals surface area contributed by atoms with Crippen LogP contribution >= 0.6 is 0 Å². The summed E-state index contributed by atoms with van der Waals surface area (Å²) < 4.78 is 1.62. The van der Waals surface area contributed by atoms with Gasteiger partial charge in [0, 0.05) is 30.9 Å². The summed E-state index contributed by atoms with van der Waals surface area (Å²) >= 11 is 0. The Morgan fingerprint density at radius 3 is 2.62 bits per heavy atom. The highest BCUT2D eigenvalue weighted by Gasteiger charge is 2.23. The molecule has 0 aliphatic carbocycles. The first-order valence-electron chi connectivity index (χ1n) is 14.7. The molecule has 1 aliphatic heterocycles. The third-order valence-electron chi connectivity index (χ3n) is 8.01. The molecular weight excluding hydrogens is 602 g/mol. The Morgan fingerprint density at radius 1 is 1.09 bits per heavy atom. The van der Waals surface area contributed by atoms with E-state index in [9.17, 15) is 24.8 Å². The second-order valence-electron chi connectivity index (χ2n) is 11.1. The fraction of sp³-hybridized carbons (Fsp3) is 0.156. The van der Waals surface area contributed by atoms with Crippen molar-refractivity contribution in [3.05, 3.63) is 105 Å². The van der Waals surface area contributed by atoms with Crippen LogP contribution in [0.25, 0.3) is 39.2 Å². The van der Waals surface area contributed by atoms with Crippen molar-refractivity contribution in [3.8, 4) is 34.3 Å². The predicted molar refractivity (Wildman–Crippen MR) is 173 cm³/mol. The Hall–Kier alpha value is -6.37. The van der Waals surface area contributed by atoms with Crippen molar-refractivity contribution >= 4 is 28.7 Å². The molecule has 0 spiro atoms. The van der Waals surface area contributed by atoms with Gasteiger partial charge in [0.1, 0.15) is 11.6 Å². The molecule has 1 fully saturated rings. The van der Waals surface area contributed by atoms with Gasteiger partial charge in [-0.3, -0.25) is 14.8 Å². The summed E-state index contributed by atoms with van der Waals surface area (Å²) in [5, 5.41) is 33.0. The number of carbonyl (C=O) groups excluding carboxylic acids is 1. The predicted octanol–water partition coefficient (Wildman–Crippen LogP) is 2.43. The number of hydrogen-bond donors (Lipinski definition) is 5. The number of aromatic amines is 2. The Labute approximate surface area is 265 Å². The minimum absolute atomic E-state index is 0.0479. The lowest BCUT2D eigenvalue weighted by atomic mass is 9.99. The second kappa shape index (κ2) is 11.9. The summed E-state index contributed by atoms with van der Waals surface area (Å²) in [5.41, 5.74) is 7.47. The summed E-state index contributed by atoms with van der Waals surface area (Å²) in [5.74, 6) is 0.416. The third-order valence-corrected chi connectivity index (χ3v) is 8.01. The number of amides is 1. The number of aromatic nitrogens is 7. The maximum Gasteiger partial charge on any atom is 0.337 e. The van der Waals surface area contributed by atoms with Crippen LogP contribution in [0.5, 0.6) is 0 Å². The zero-order chi connectivity index (χ0) is 32.7. The van der Waals surface area contributed by atoms with E-state index in [-0.39, 0.29) is 28.8 Å². The maximum atomic E-state index is 13.7. The van der Waals surface area contributed by atoms with Crippen molar-refractivity contribution in [3.63, 3.8) is 0 Å². The first-order valence-corrected chi connectivity index (χ1v) is 14.7. The van der Waals surface area contributed by atoms with E-state index in [1.807, 2.05) is 42.5 Å². The summed E-state index contributed by atoms with van der Waals surface area (Å²) in [7, 11) is 0. The number of H-pyrrole nitrogens is 2. The maximum absolute atomic E-state index is 13.7. The zero-order valence-electron chi connectivity index (χ0n) is 24.7. The molecule has 1 unspecified atom stereocenters. The van der Waals surface area contributed by atoms with Crippen molar-refractivity contribution in [2.45, 2.75) is 19.1 Å². The molecule has 47 heavy (non-hydrogen) atoms. The number of aliphatic hydroxyl groups excluding tert-OH is 1. The molecule has 1 amide bonds. The number of likely N-dealkylation sites (tertiary alicyclic amines) is 1. The average molecular weight is 630 g/mol. The number of nitrogens with one attached hydrogen (secondary N) is 3. The van der Waals surface area contributed by atoms with E-state index >= 15 is 0 Å². The van der Waals surface area contributed by atoms with Gasteiger partial charge >= 0.3 is 11.7 Å². The molecule has 6 N–H and O–H groups in total. The molecule has 15 heteroatoms. The van der Waals surface area contributed by atoms with Gasteiger partial charge in [-0.2, -0.15) is 19.9 Å². The minimum Gasteiger partial charge on any atom is -0.392 e. The number of fused-ring (bicyclic) bond motifs is 1. The molecule has 1 saturated heterocycles. The molecule has 1 atom stereocenters. The molecule has 7 rings (SSSR count). The lowest BCUT2D eigenvalue weighted by Gasteiger charge is -2.18. The van der Waals surface area contributed by atoms with Gasteiger partial charge in [-0.05, 0) is 47.4 Å². The number of β-amino-alcohol motifs (C(OH)–C–C–N with tert-alkyl or cyclic N) is 1. The van der Waals surface area contributed by atoms with E-state index in [1.54, 1.807) is 36.4 Å². The van der Waals surface area contributed by atoms with E-state index < -0.39 is 17.3 Å². The zero-order valence-corrected chi connectivity index (χ0v) is 24.7. The van der Waals surface area contributed by atoms with E-state index in [0.29, 0.717) is 40.4 Å². The number of nitrogen functional groups attached to an aromatic ring is 1. The van der Waals surface area contributed by atoms with Crippen LogP contribution in [0, 0.1) is 11.3 Å². The van der Waals surface area contributed by atoms with Gasteiger partial charge in [0.15, 0.2) is 17.0 Å². The Bertz CT molecular complexity index is 2310. The monoisotopic (exact) mass is 629 g/mol. The summed E-state index contributed by atoms with van der Waals surface area (Å²) in [6.45, 7) is 2.16. The van der Waals surface area contributed by atoms with Gasteiger partial charge in [0.25, 0.3) is 5.56 Å². The summed E-state index contributed by atoms with van der Waals surface area (Å²) in [6, 6.07) is 22.6. The third kappa shape index (κ3) is 5.54. The number of rotatable bonds is 6. The van der Waals surface area contributed by atoms with Crippen LogP contribution in [0.4, 0.5) is 16.4 Å². The second-order valence-corrected chi connectivity index (χ2v) is 11.1. The van der Waals surface area contributed by atoms with Crippen LogP contribution in [0.15, 0.2) is 82.4 Å². The first-order chi connectivity index (χ1) is 22.8. The van der Waals surface area contributed by atoms with Crippen molar-refractivity contribution in [1.29, 1.82) is 5.26 Å². The number of benzene rings is 3. The van der Waals surface area contributed by atoms with E-state index in [2.05, 4.69) is 35.5 Å². The Kier molecular flexibility index (Phi) is 7.40. The van der Waals surface area contributed by atoms with Crippen LogP contribution < -0.4 is 22.3 Å². The summed E-state index contributed by atoms with van der Waals surface area (Å²) in [6.07, 6.45) is 0.445. The molecule has 4 heterocycles. The number of nitrogens with zero attached hydrogens (tertiary/aromatic N) is 7. The Morgan fingerprint density at radius 2 is 1.89 bits per heavy atom. The van der Waals surface area contributed by atoms with Gasteiger partial charge in [0.2, 0.25) is 5.95 Å². The number of hydrogen-bond acceptors (Lipinski definition) is 10. The quantitative estimate of drug-likeness (QED) is 0.181. The lowest BCUT2D eigenvalue weighted by Crippen LogP contribution is -2.42. The number of nitriles is 1. The number of anilines is 2. The minimum atomic E-state index is -1.03. The molecule has 1 aliphatic rings. The Balaban J connectivity index is 1.19. The molecule has 234 valence electrons. The topological polar surface area (TPSA) is 217 Å². The molecule has 0 radical (unpaired) electrons. The molecule has 0 bridgehead atoms. The van der Waals surface area contributed by atoms with Gasteiger partial charge < -0.3 is 21.1 Å². The number of nitrogens with two attached hydrogens (primary N) is 1. The van der Waals surface area contributed by atoms with Crippen LogP contribution in [0.1, 0.15) is 17.7 Å². The van der Waals surface area contributed by atoms with Crippen LogP contribution in [0.3, 0.4) is 0 Å². The van der Waals surface area contributed by atoms with Crippen molar-refractivity contribution in [2.24, 2.45) is 0 Å². The molecule has 15 nitrogen and oxygen atoms in total. The van der Waals surface area contributed by atoms with Crippen LogP contribution in [-0.2, 0) is 6.54 Å². The van der Waals surface area contributed by atoms with Gasteiger partial charge in [0.05, 0.1) is 11.8 Å². The van der Waals surface area contributed by atoms with E-state index in [4.69, 9.17) is 5.73 Å². The average Bonchev–Trinajstić information content (AvgIpc) is 3.80. The fourth-order valence-corrected chi connectivity index (χ4v) is 5.78. The molecule has 0 saturated carbocycles. The molecule has 3 aromatic carbocycles. The van der Waals surface area contributed by atoms with Crippen LogP contribution in [0.2, 0.25) is 0 Å². The first kappa shape index (κ1) is 29.3. The van der Waals surface area contributed by atoms with E-state index in [0.717, 1.165) is 29.7 Å². The van der Waals surface area contributed by atoms with Crippen molar-refractivity contribution in [1.82, 2.24) is 39.4 Å². The highest BCUT2D eigenvalue weighted by atomic mass is 16.3. The van der Waals surface area contributed by atoms with Crippen molar-refractivity contribution < 1.29 is 9.90 Å². The number of aliphatic hydroxyl groups is 1. The SMILES string of the molecule is N#Cc1nn(-c2cccc(-c3nc(N)n[nH]3)c2)c2c(=O)n(C(=O)Nc3ccc(-c4ccccc4CN4CCC(O)C4)cc3)c(=O)[nH]c12. The largest absolute Gasteiger partial charge is 0.392 e. The highest BCUT2D eigenvalue weighted by molar-refractivity contribution is 5.93.